The molecule has 1 aromatic rings. The maximum Gasteiger partial charge on any atom is 0.417 e. The summed E-state index contributed by atoms with van der Waals surface area (Å²) in [5, 5.41) is 9.47. The van der Waals surface area contributed by atoms with Crippen molar-refractivity contribution in [3.63, 3.8) is 0 Å². The molecule has 0 aromatic heterocycles. The van der Waals surface area contributed by atoms with E-state index in [2.05, 4.69) is 0 Å². The topological polar surface area (TPSA) is 65.0 Å². The standard InChI is InChI=1S/C22H32F4O5Si/c1-12-16(18(19(27)28)31-21(12,5)22(24,25)26)13-9-10-15(23)14(17(13)29-6)11-30-32(7,8)20(2,3)4/h9-10,12,16,18H,11H2,1-8H3,(H,27,28)/t12?,16?,18-,21?/m1/s1. The summed E-state index contributed by atoms with van der Waals surface area (Å²) >= 11 is 0. The number of carbonyl (C=O) groups is 1. The summed E-state index contributed by atoms with van der Waals surface area (Å²) in [6.07, 6.45) is -6.57. The molecule has 10 heteroatoms. The zero-order valence-electron chi connectivity index (χ0n) is 19.7. The molecular weight excluding hydrogens is 448 g/mol. The molecule has 1 saturated heterocycles. The van der Waals surface area contributed by atoms with Crippen LogP contribution in [0.25, 0.3) is 0 Å². The van der Waals surface area contributed by atoms with Crippen LogP contribution < -0.4 is 4.74 Å². The minimum absolute atomic E-state index is 0.0122. The Morgan fingerprint density at radius 2 is 1.81 bits per heavy atom. The van der Waals surface area contributed by atoms with E-state index in [-0.39, 0.29) is 28.5 Å². The van der Waals surface area contributed by atoms with Gasteiger partial charge in [-0.2, -0.15) is 13.2 Å². The van der Waals surface area contributed by atoms with E-state index in [0.29, 0.717) is 0 Å². The van der Waals surface area contributed by atoms with Crippen LogP contribution in [0.2, 0.25) is 18.1 Å². The van der Waals surface area contributed by atoms with Crippen molar-refractivity contribution in [1.82, 2.24) is 0 Å². The lowest BCUT2D eigenvalue weighted by Crippen LogP contribution is -2.47. The van der Waals surface area contributed by atoms with Gasteiger partial charge in [-0.05, 0) is 31.1 Å². The predicted molar refractivity (Wildman–Crippen MR) is 114 cm³/mol. The van der Waals surface area contributed by atoms with Crippen LogP contribution in [-0.2, 0) is 20.6 Å². The number of rotatable bonds is 6. The number of carboxylic acids is 1. The Hall–Kier alpha value is -1.65. The van der Waals surface area contributed by atoms with Crippen molar-refractivity contribution in [3.05, 3.63) is 29.1 Å². The lowest BCUT2D eigenvalue weighted by molar-refractivity contribution is -0.273. The van der Waals surface area contributed by atoms with Gasteiger partial charge in [-0.1, -0.05) is 33.8 Å². The second kappa shape index (κ2) is 8.61. The number of benzene rings is 1. The van der Waals surface area contributed by atoms with Crippen LogP contribution in [0.4, 0.5) is 17.6 Å². The molecule has 1 N–H and O–H groups in total. The van der Waals surface area contributed by atoms with Crippen molar-refractivity contribution in [2.75, 3.05) is 7.11 Å². The first-order chi connectivity index (χ1) is 14.4. The maximum absolute atomic E-state index is 14.8. The van der Waals surface area contributed by atoms with Gasteiger partial charge in [0, 0.05) is 17.4 Å². The van der Waals surface area contributed by atoms with Gasteiger partial charge in [0.15, 0.2) is 20.0 Å². The van der Waals surface area contributed by atoms with Gasteiger partial charge in [0.25, 0.3) is 0 Å². The van der Waals surface area contributed by atoms with E-state index in [1.54, 1.807) is 0 Å². The molecule has 3 unspecified atom stereocenters. The van der Waals surface area contributed by atoms with Crippen LogP contribution in [0.15, 0.2) is 12.1 Å². The first kappa shape index (κ1) is 26.6. The Balaban J connectivity index is 2.58. The molecule has 5 nitrogen and oxygen atoms in total. The predicted octanol–water partition coefficient (Wildman–Crippen LogP) is 5.88. The maximum atomic E-state index is 14.8. The molecule has 1 aromatic carbocycles. The first-order valence-corrected chi connectivity index (χ1v) is 13.3. The molecule has 1 fully saturated rings. The molecule has 0 aliphatic carbocycles. The number of carboxylic acid groups (broad SMARTS) is 1. The van der Waals surface area contributed by atoms with E-state index in [0.717, 1.165) is 13.0 Å². The summed E-state index contributed by atoms with van der Waals surface area (Å²) in [6.45, 7) is 12.0. The summed E-state index contributed by atoms with van der Waals surface area (Å²) in [5.41, 5.74) is -2.49. The average molecular weight is 481 g/mol. The normalized spacial score (nSPS) is 26.9. The number of methoxy groups -OCH3 is 1. The van der Waals surface area contributed by atoms with Crippen LogP contribution in [0.5, 0.6) is 5.75 Å². The lowest BCUT2D eigenvalue weighted by atomic mass is 9.76. The van der Waals surface area contributed by atoms with E-state index in [9.17, 15) is 27.5 Å². The van der Waals surface area contributed by atoms with Crippen LogP contribution in [0, 0.1) is 11.7 Å². The van der Waals surface area contributed by atoms with Crippen molar-refractivity contribution in [2.45, 2.75) is 83.2 Å². The van der Waals surface area contributed by atoms with E-state index in [1.165, 1.54) is 20.1 Å². The largest absolute Gasteiger partial charge is 0.496 e. The molecular formula is C22H32F4O5Si. The van der Waals surface area contributed by atoms with Crippen molar-refractivity contribution in [3.8, 4) is 5.75 Å². The summed E-state index contributed by atoms with van der Waals surface area (Å²) in [4.78, 5) is 11.8. The molecule has 0 radical (unpaired) electrons. The highest BCUT2D eigenvalue weighted by Crippen LogP contribution is 2.55. The minimum atomic E-state index is -4.80. The first-order valence-electron chi connectivity index (χ1n) is 10.4. The Morgan fingerprint density at radius 1 is 1.25 bits per heavy atom. The summed E-state index contributed by atoms with van der Waals surface area (Å²) in [5.74, 6) is -4.65. The van der Waals surface area contributed by atoms with Crippen LogP contribution in [-0.4, -0.2) is 44.4 Å². The smallest absolute Gasteiger partial charge is 0.417 e. The minimum Gasteiger partial charge on any atom is -0.496 e. The molecule has 182 valence electrons. The molecule has 1 heterocycles. The SMILES string of the molecule is COc1c(C2C(C)C(C)(C(F)(F)F)O[C@H]2C(=O)O)ccc(F)c1CO[Si](C)(C)C(C)(C)C. The zero-order valence-corrected chi connectivity index (χ0v) is 20.7. The highest BCUT2D eigenvalue weighted by Gasteiger charge is 2.66. The molecule has 1 aliphatic heterocycles. The van der Waals surface area contributed by atoms with Crippen LogP contribution in [0.3, 0.4) is 0 Å². The fourth-order valence-corrected chi connectivity index (χ4v) is 4.68. The van der Waals surface area contributed by atoms with Gasteiger partial charge < -0.3 is 19.0 Å². The van der Waals surface area contributed by atoms with E-state index >= 15 is 0 Å². The number of hydrogen-bond acceptors (Lipinski definition) is 4. The Labute approximate surface area is 187 Å². The molecule has 0 spiro atoms. The van der Waals surface area contributed by atoms with Crippen LogP contribution >= 0.6 is 0 Å². The van der Waals surface area contributed by atoms with Crippen molar-refractivity contribution in [1.29, 1.82) is 0 Å². The van der Waals surface area contributed by atoms with Crippen molar-refractivity contribution < 1.29 is 41.4 Å². The molecule has 1 aliphatic rings. The van der Waals surface area contributed by atoms with Gasteiger partial charge in [-0.15, -0.1) is 0 Å². The molecule has 2 rings (SSSR count). The Bertz CT molecular complexity index is 865. The highest BCUT2D eigenvalue weighted by molar-refractivity contribution is 6.74. The molecule has 0 amide bonds. The molecule has 32 heavy (non-hydrogen) atoms. The van der Waals surface area contributed by atoms with E-state index in [4.69, 9.17) is 13.9 Å². The number of hydrogen-bond donors (Lipinski definition) is 1. The lowest BCUT2D eigenvalue weighted by Gasteiger charge is -2.36. The quantitative estimate of drug-likeness (QED) is 0.407. The third kappa shape index (κ3) is 4.54. The summed E-state index contributed by atoms with van der Waals surface area (Å²) < 4.78 is 72.8. The Kier molecular flexibility index (Phi) is 7.15. The van der Waals surface area contributed by atoms with Crippen LogP contribution in [0.1, 0.15) is 51.7 Å². The second-order valence-electron chi connectivity index (χ2n) is 9.99. The van der Waals surface area contributed by atoms with Gasteiger partial charge in [-0.3, -0.25) is 0 Å². The Morgan fingerprint density at radius 3 is 2.25 bits per heavy atom. The number of ether oxygens (including phenoxy) is 2. The molecule has 4 atom stereocenters. The van der Waals surface area contributed by atoms with E-state index in [1.807, 2.05) is 33.9 Å². The van der Waals surface area contributed by atoms with Gasteiger partial charge in [0.05, 0.1) is 19.3 Å². The number of halogens is 4. The third-order valence-corrected chi connectivity index (χ3v) is 11.6. The van der Waals surface area contributed by atoms with Gasteiger partial charge in [0.2, 0.25) is 0 Å². The fourth-order valence-electron chi connectivity index (χ4n) is 3.74. The van der Waals surface area contributed by atoms with Gasteiger partial charge >= 0.3 is 12.1 Å². The van der Waals surface area contributed by atoms with E-state index < -0.39 is 49.8 Å². The van der Waals surface area contributed by atoms with Gasteiger partial charge in [0.1, 0.15) is 11.6 Å². The summed E-state index contributed by atoms with van der Waals surface area (Å²) in [6, 6.07) is 2.38. The fraction of sp³-hybridized carbons (Fsp3) is 0.682. The van der Waals surface area contributed by atoms with Gasteiger partial charge in [-0.25, -0.2) is 9.18 Å². The molecule has 0 saturated carbocycles. The summed E-state index contributed by atoms with van der Waals surface area (Å²) in [7, 11) is -1.01. The van der Waals surface area contributed by atoms with Crippen molar-refractivity contribution in [2.24, 2.45) is 5.92 Å². The second-order valence-corrected chi connectivity index (χ2v) is 14.8. The third-order valence-electron chi connectivity index (χ3n) is 7.09. The highest BCUT2D eigenvalue weighted by atomic mass is 28.4. The zero-order chi connectivity index (χ0) is 24.9. The van der Waals surface area contributed by atoms with Crippen molar-refractivity contribution >= 4 is 14.3 Å². The number of aliphatic carboxylic acids is 1. The average Bonchev–Trinajstić information content (AvgIpc) is 2.92. The number of alkyl halides is 3. The molecule has 0 bridgehead atoms. The monoisotopic (exact) mass is 480 g/mol.